The summed E-state index contributed by atoms with van der Waals surface area (Å²) in [5.74, 6) is 1.19. The van der Waals surface area contributed by atoms with Gasteiger partial charge in [0.2, 0.25) is 0 Å². The van der Waals surface area contributed by atoms with Crippen molar-refractivity contribution in [3.63, 3.8) is 0 Å². The molecule has 0 unspecified atom stereocenters. The highest BCUT2D eigenvalue weighted by Crippen LogP contribution is 2.23. The van der Waals surface area contributed by atoms with Gasteiger partial charge in [0, 0.05) is 5.71 Å². The third-order valence-corrected chi connectivity index (χ3v) is 4.04. The molecule has 0 saturated heterocycles. The van der Waals surface area contributed by atoms with E-state index < -0.39 is 0 Å². The number of halogens is 1. The first-order valence-corrected chi connectivity index (χ1v) is 7.66. The van der Waals surface area contributed by atoms with Crippen molar-refractivity contribution in [2.24, 2.45) is 11.0 Å². The van der Waals surface area contributed by atoms with E-state index in [9.17, 15) is 4.79 Å². The first-order valence-electron chi connectivity index (χ1n) is 6.86. The number of hydrazone groups is 1. The summed E-state index contributed by atoms with van der Waals surface area (Å²) in [6.45, 7) is 2.22. The normalized spacial score (nSPS) is 18.5. The van der Waals surface area contributed by atoms with Crippen LogP contribution in [0.1, 0.15) is 32.6 Å². The number of ether oxygens (including phenoxy) is 1. The van der Waals surface area contributed by atoms with Gasteiger partial charge in [-0.2, -0.15) is 5.10 Å². The molecular weight excluding hydrogens is 320 g/mol. The van der Waals surface area contributed by atoms with Gasteiger partial charge in [0.1, 0.15) is 5.75 Å². The Morgan fingerprint density at radius 1 is 1.40 bits per heavy atom. The first kappa shape index (κ1) is 15.0. The Bertz CT molecular complexity index is 492. The number of hydrogen-bond acceptors (Lipinski definition) is 3. The van der Waals surface area contributed by atoms with Crippen LogP contribution in [0.4, 0.5) is 0 Å². The Labute approximate surface area is 127 Å². The lowest BCUT2D eigenvalue weighted by atomic mass is 9.90. The maximum atomic E-state index is 11.7. The second kappa shape index (κ2) is 7.43. The number of amides is 1. The largest absolute Gasteiger partial charge is 0.483 e. The number of nitrogens with one attached hydrogen (secondary N) is 1. The molecule has 0 atom stereocenters. The molecule has 1 fully saturated rings. The molecule has 0 spiro atoms. The Hall–Kier alpha value is -1.36. The Morgan fingerprint density at radius 2 is 2.10 bits per heavy atom. The van der Waals surface area contributed by atoms with Crippen molar-refractivity contribution in [3.8, 4) is 5.75 Å². The molecule has 1 saturated carbocycles. The van der Waals surface area contributed by atoms with Gasteiger partial charge >= 0.3 is 0 Å². The molecule has 0 bridgehead atoms. The molecule has 108 valence electrons. The van der Waals surface area contributed by atoms with E-state index >= 15 is 0 Å². The highest BCUT2D eigenvalue weighted by atomic mass is 79.9. The predicted molar refractivity (Wildman–Crippen MR) is 82.8 cm³/mol. The molecular formula is C15H19BrN2O2. The van der Waals surface area contributed by atoms with Gasteiger partial charge in [-0.05, 0) is 59.7 Å². The van der Waals surface area contributed by atoms with Gasteiger partial charge in [0.05, 0.1) is 4.47 Å². The van der Waals surface area contributed by atoms with Crippen LogP contribution in [0.2, 0.25) is 0 Å². The SMILES string of the molecule is CC1CCC(=NNC(=O)COc2ccccc2Br)CC1. The van der Waals surface area contributed by atoms with Gasteiger partial charge in [-0.25, -0.2) is 5.43 Å². The molecule has 0 radical (unpaired) electrons. The summed E-state index contributed by atoms with van der Waals surface area (Å²) in [6.07, 6.45) is 4.27. The van der Waals surface area contributed by atoms with Gasteiger partial charge in [-0.1, -0.05) is 19.1 Å². The minimum atomic E-state index is -0.230. The first-order chi connectivity index (χ1) is 9.65. The minimum absolute atomic E-state index is 0.0319. The predicted octanol–water partition coefficient (Wildman–Crippen LogP) is 3.51. The van der Waals surface area contributed by atoms with E-state index in [0.717, 1.165) is 41.8 Å². The second-order valence-corrected chi connectivity index (χ2v) is 5.97. The number of hydrogen-bond donors (Lipinski definition) is 1. The van der Waals surface area contributed by atoms with Gasteiger partial charge in [0.25, 0.3) is 5.91 Å². The van der Waals surface area contributed by atoms with E-state index in [1.807, 2.05) is 24.3 Å². The van der Waals surface area contributed by atoms with E-state index in [-0.39, 0.29) is 12.5 Å². The molecule has 1 amide bonds. The summed E-state index contributed by atoms with van der Waals surface area (Å²) in [5.41, 5.74) is 3.65. The van der Waals surface area contributed by atoms with Crippen molar-refractivity contribution < 1.29 is 9.53 Å². The average molecular weight is 339 g/mol. The molecule has 2 rings (SSSR count). The lowest BCUT2D eigenvalue weighted by molar-refractivity contribution is -0.123. The van der Waals surface area contributed by atoms with Crippen LogP contribution >= 0.6 is 15.9 Å². The molecule has 20 heavy (non-hydrogen) atoms. The third-order valence-electron chi connectivity index (χ3n) is 3.39. The molecule has 5 heteroatoms. The van der Waals surface area contributed by atoms with Gasteiger partial charge in [-0.3, -0.25) is 4.79 Å². The second-order valence-electron chi connectivity index (χ2n) is 5.11. The van der Waals surface area contributed by atoms with E-state index in [4.69, 9.17) is 4.74 Å². The maximum Gasteiger partial charge on any atom is 0.277 e. The quantitative estimate of drug-likeness (QED) is 0.854. The zero-order chi connectivity index (χ0) is 14.4. The van der Waals surface area contributed by atoms with Crippen LogP contribution in [0.3, 0.4) is 0 Å². The van der Waals surface area contributed by atoms with E-state index in [1.165, 1.54) is 0 Å². The fraction of sp³-hybridized carbons (Fsp3) is 0.467. The molecule has 0 heterocycles. The van der Waals surface area contributed by atoms with Crippen molar-refractivity contribution in [2.45, 2.75) is 32.6 Å². The zero-order valence-corrected chi connectivity index (χ0v) is 13.1. The number of benzene rings is 1. The van der Waals surface area contributed by atoms with E-state index in [2.05, 4.69) is 33.4 Å². The summed E-state index contributed by atoms with van der Waals surface area (Å²) in [5, 5.41) is 4.18. The number of rotatable bonds is 4. The molecule has 1 aromatic carbocycles. The smallest absolute Gasteiger partial charge is 0.277 e. The van der Waals surface area contributed by atoms with Crippen molar-refractivity contribution in [2.75, 3.05) is 6.61 Å². The summed E-state index contributed by atoms with van der Waals surface area (Å²) in [6, 6.07) is 7.44. The topological polar surface area (TPSA) is 50.7 Å². The molecule has 0 aliphatic heterocycles. The maximum absolute atomic E-state index is 11.7. The fourth-order valence-corrected chi connectivity index (χ4v) is 2.49. The summed E-state index contributed by atoms with van der Waals surface area (Å²) < 4.78 is 6.26. The third kappa shape index (κ3) is 4.63. The van der Waals surface area contributed by atoms with Crippen LogP contribution in [-0.2, 0) is 4.79 Å². The highest BCUT2D eigenvalue weighted by Gasteiger charge is 2.13. The molecule has 1 aromatic rings. The highest BCUT2D eigenvalue weighted by molar-refractivity contribution is 9.10. The summed E-state index contributed by atoms with van der Waals surface area (Å²) >= 11 is 3.37. The van der Waals surface area contributed by atoms with Crippen LogP contribution in [0.25, 0.3) is 0 Å². The lowest BCUT2D eigenvalue weighted by Gasteiger charge is -2.18. The molecule has 4 nitrogen and oxygen atoms in total. The molecule has 1 N–H and O–H groups in total. The fourth-order valence-electron chi connectivity index (χ4n) is 2.09. The summed E-state index contributed by atoms with van der Waals surface area (Å²) in [4.78, 5) is 11.7. The average Bonchev–Trinajstić information content (AvgIpc) is 2.46. The van der Waals surface area contributed by atoms with Crippen molar-refractivity contribution >= 4 is 27.5 Å². The number of carbonyl (C=O) groups excluding carboxylic acids is 1. The Balaban J connectivity index is 1.76. The minimum Gasteiger partial charge on any atom is -0.483 e. The van der Waals surface area contributed by atoms with Gasteiger partial charge in [-0.15, -0.1) is 0 Å². The standard InChI is InChI=1S/C15H19BrN2O2/c1-11-6-8-12(9-7-11)17-18-15(19)10-20-14-5-3-2-4-13(14)16/h2-5,11H,6-10H2,1H3,(H,18,19). The van der Waals surface area contributed by atoms with Crippen molar-refractivity contribution in [3.05, 3.63) is 28.7 Å². The van der Waals surface area contributed by atoms with Crippen molar-refractivity contribution in [1.29, 1.82) is 0 Å². The number of carbonyl (C=O) groups is 1. The van der Waals surface area contributed by atoms with Crippen LogP contribution in [0, 0.1) is 5.92 Å². The number of nitrogens with zero attached hydrogens (tertiary/aromatic N) is 1. The molecule has 1 aliphatic carbocycles. The van der Waals surface area contributed by atoms with Gasteiger partial charge in [0.15, 0.2) is 6.61 Å². The Morgan fingerprint density at radius 3 is 2.80 bits per heavy atom. The lowest BCUT2D eigenvalue weighted by Crippen LogP contribution is -2.26. The number of para-hydroxylation sites is 1. The van der Waals surface area contributed by atoms with E-state index in [0.29, 0.717) is 5.75 Å². The molecule has 1 aliphatic rings. The van der Waals surface area contributed by atoms with Crippen molar-refractivity contribution in [1.82, 2.24) is 5.43 Å². The van der Waals surface area contributed by atoms with Gasteiger partial charge < -0.3 is 4.74 Å². The Kier molecular flexibility index (Phi) is 5.59. The monoisotopic (exact) mass is 338 g/mol. The van der Waals surface area contributed by atoms with Crippen LogP contribution in [0.15, 0.2) is 33.8 Å². The van der Waals surface area contributed by atoms with Crippen LogP contribution in [-0.4, -0.2) is 18.2 Å². The summed E-state index contributed by atoms with van der Waals surface area (Å²) in [7, 11) is 0. The zero-order valence-electron chi connectivity index (χ0n) is 11.6. The van der Waals surface area contributed by atoms with Crippen LogP contribution < -0.4 is 10.2 Å². The van der Waals surface area contributed by atoms with Crippen LogP contribution in [0.5, 0.6) is 5.75 Å². The molecule has 0 aromatic heterocycles. The van der Waals surface area contributed by atoms with E-state index in [1.54, 1.807) is 0 Å².